The molecular weight excluding hydrogens is 364 g/mol. The van der Waals surface area contributed by atoms with Crippen LogP contribution < -0.4 is 0 Å². The third kappa shape index (κ3) is 3.58. The number of carbonyl (C=O) groups excluding carboxylic acids is 1. The molecule has 154 valence electrons. The van der Waals surface area contributed by atoms with E-state index in [4.69, 9.17) is 18.9 Å². The standard InChI is InChI=1S/C17H26O10/c1-6-9(19)3-7-8(15(23)24-2)5-25-16(11(6)7)27-17-14(22)13(21)12(20)10(4-18)26-17/h5-7,9-14,16-22H,3-4H2,1-2H3/t6-,7+,9-,10?,11+,12+,13?,14?,16-,17-/m0/s1. The molecule has 27 heavy (non-hydrogen) atoms. The third-order valence-electron chi connectivity index (χ3n) is 5.75. The maximum absolute atomic E-state index is 12.0. The van der Waals surface area contributed by atoms with Crippen LogP contribution in [0.1, 0.15) is 13.3 Å². The number of aliphatic hydroxyl groups excluding tert-OH is 5. The molecule has 2 fully saturated rings. The minimum atomic E-state index is -1.58. The van der Waals surface area contributed by atoms with Gasteiger partial charge in [-0.15, -0.1) is 0 Å². The molecule has 10 atom stereocenters. The number of fused-ring (bicyclic) bond motifs is 1. The van der Waals surface area contributed by atoms with E-state index in [1.807, 2.05) is 0 Å². The van der Waals surface area contributed by atoms with Gasteiger partial charge in [-0.05, 0) is 12.3 Å². The highest BCUT2D eigenvalue weighted by Crippen LogP contribution is 2.47. The summed E-state index contributed by atoms with van der Waals surface area (Å²) in [4.78, 5) is 12.0. The van der Waals surface area contributed by atoms with Crippen molar-refractivity contribution in [3.8, 4) is 0 Å². The van der Waals surface area contributed by atoms with Crippen molar-refractivity contribution in [1.29, 1.82) is 0 Å². The van der Waals surface area contributed by atoms with Gasteiger partial charge in [-0.2, -0.15) is 0 Å². The molecule has 0 aromatic heterocycles. The maximum Gasteiger partial charge on any atom is 0.337 e. The summed E-state index contributed by atoms with van der Waals surface area (Å²) in [7, 11) is 1.25. The Bertz CT molecular complexity index is 578. The summed E-state index contributed by atoms with van der Waals surface area (Å²) in [5.74, 6) is -1.63. The molecule has 0 aromatic carbocycles. The van der Waals surface area contributed by atoms with Crippen LogP contribution in [0.25, 0.3) is 0 Å². The topological polar surface area (TPSA) is 155 Å². The first kappa shape index (κ1) is 20.5. The number of hydrogen-bond donors (Lipinski definition) is 5. The van der Waals surface area contributed by atoms with Gasteiger partial charge in [0, 0.05) is 11.8 Å². The van der Waals surface area contributed by atoms with E-state index in [1.54, 1.807) is 6.92 Å². The molecule has 0 radical (unpaired) electrons. The lowest BCUT2D eigenvalue weighted by atomic mass is 9.83. The van der Waals surface area contributed by atoms with Gasteiger partial charge in [0.1, 0.15) is 24.4 Å². The van der Waals surface area contributed by atoms with E-state index in [-0.39, 0.29) is 11.8 Å². The normalized spacial score (nSPS) is 47.0. The molecular formula is C17H26O10. The van der Waals surface area contributed by atoms with E-state index in [1.165, 1.54) is 13.4 Å². The third-order valence-corrected chi connectivity index (χ3v) is 5.75. The Morgan fingerprint density at radius 2 is 1.89 bits per heavy atom. The van der Waals surface area contributed by atoms with Crippen molar-refractivity contribution in [3.63, 3.8) is 0 Å². The van der Waals surface area contributed by atoms with Crippen LogP contribution in [0, 0.1) is 17.8 Å². The Morgan fingerprint density at radius 1 is 1.19 bits per heavy atom. The van der Waals surface area contributed by atoms with Gasteiger partial charge in [-0.25, -0.2) is 4.79 Å². The van der Waals surface area contributed by atoms with Crippen molar-refractivity contribution in [2.75, 3.05) is 13.7 Å². The molecule has 3 rings (SSSR count). The maximum atomic E-state index is 12.0. The van der Waals surface area contributed by atoms with E-state index in [0.29, 0.717) is 12.0 Å². The van der Waals surface area contributed by atoms with Gasteiger partial charge < -0.3 is 44.5 Å². The zero-order chi connectivity index (χ0) is 19.9. The van der Waals surface area contributed by atoms with Gasteiger partial charge in [0.15, 0.2) is 6.29 Å². The monoisotopic (exact) mass is 390 g/mol. The number of hydrogen-bond acceptors (Lipinski definition) is 10. The quantitative estimate of drug-likeness (QED) is 0.336. The molecule has 3 aliphatic rings. The number of carbonyl (C=O) groups is 1. The molecule has 0 aromatic rings. The largest absolute Gasteiger partial charge is 0.472 e. The van der Waals surface area contributed by atoms with Crippen molar-refractivity contribution < 1.29 is 49.3 Å². The van der Waals surface area contributed by atoms with E-state index in [2.05, 4.69) is 0 Å². The molecule has 10 heteroatoms. The summed E-state index contributed by atoms with van der Waals surface area (Å²) in [6.07, 6.45) is -7.25. The summed E-state index contributed by atoms with van der Waals surface area (Å²) in [5.41, 5.74) is 0.291. The molecule has 10 nitrogen and oxygen atoms in total. The van der Waals surface area contributed by atoms with Crippen LogP contribution in [-0.2, 0) is 23.7 Å². The molecule has 0 amide bonds. The fourth-order valence-electron chi connectivity index (χ4n) is 4.10. The Labute approximate surface area is 155 Å². The van der Waals surface area contributed by atoms with Crippen molar-refractivity contribution in [2.24, 2.45) is 17.8 Å². The van der Waals surface area contributed by atoms with Crippen LogP contribution in [0.15, 0.2) is 11.8 Å². The highest BCUT2D eigenvalue weighted by molar-refractivity contribution is 5.89. The highest BCUT2D eigenvalue weighted by atomic mass is 16.8. The lowest BCUT2D eigenvalue weighted by Gasteiger charge is -2.43. The Hall–Kier alpha value is -1.27. The van der Waals surface area contributed by atoms with E-state index >= 15 is 0 Å². The predicted octanol–water partition coefficient (Wildman–Crippen LogP) is -2.15. The summed E-state index contributed by atoms with van der Waals surface area (Å²) in [6, 6.07) is 0. The van der Waals surface area contributed by atoms with Gasteiger partial charge in [0.25, 0.3) is 0 Å². The molecule has 2 aliphatic heterocycles. The summed E-state index contributed by atoms with van der Waals surface area (Å²) >= 11 is 0. The number of esters is 1. The Balaban J connectivity index is 1.80. The summed E-state index contributed by atoms with van der Waals surface area (Å²) in [5, 5.41) is 49.4. The van der Waals surface area contributed by atoms with Crippen molar-refractivity contribution >= 4 is 5.97 Å². The minimum absolute atomic E-state index is 0.279. The first-order valence-corrected chi connectivity index (χ1v) is 8.88. The summed E-state index contributed by atoms with van der Waals surface area (Å²) < 4.78 is 21.4. The van der Waals surface area contributed by atoms with Gasteiger partial charge >= 0.3 is 5.97 Å². The van der Waals surface area contributed by atoms with Gasteiger partial charge in [-0.1, -0.05) is 6.92 Å². The van der Waals surface area contributed by atoms with Crippen LogP contribution in [0.3, 0.4) is 0 Å². The Morgan fingerprint density at radius 3 is 2.52 bits per heavy atom. The summed E-state index contributed by atoms with van der Waals surface area (Å²) in [6.45, 7) is 1.21. The van der Waals surface area contributed by atoms with Gasteiger partial charge in [-0.3, -0.25) is 0 Å². The molecule has 0 bridgehead atoms. The average Bonchev–Trinajstić information content (AvgIpc) is 2.96. The van der Waals surface area contributed by atoms with Crippen molar-refractivity contribution in [1.82, 2.24) is 0 Å². The van der Waals surface area contributed by atoms with Crippen LogP contribution in [-0.4, -0.2) is 88.3 Å². The van der Waals surface area contributed by atoms with E-state index in [9.17, 15) is 30.3 Å². The van der Waals surface area contributed by atoms with Crippen LogP contribution >= 0.6 is 0 Å². The first-order valence-electron chi connectivity index (χ1n) is 8.88. The highest BCUT2D eigenvalue weighted by Gasteiger charge is 2.53. The fourth-order valence-corrected chi connectivity index (χ4v) is 4.10. The second-order valence-corrected chi connectivity index (χ2v) is 7.25. The average molecular weight is 390 g/mol. The molecule has 5 N–H and O–H groups in total. The first-order chi connectivity index (χ1) is 12.8. The van der Waals surface area contributed by atoms with E-state index < -0.39 is 61.6 Å². The van der Waals surface area contributed by atoms with Gasteiger partial charge in [0.05, 0.1) is 31.7 Å². The van der Waals surface area contributed by atoms with Gasteiger partial charge in [0.2, 0.25) is 6.29 Å². The lowest BCUT2D eigenvalue weighted by Crippen LogP contribution is -2.60. The van der Waals surface area contributed by atoms with E-state index in [0.717, 1.165) is 0 Å². The number of ether oxygens (including phenoxy) is 4. The van der Waals surface area contributed by atoms with Crippen molar-refractivity contribution in [2.45, 2.75) is 56.4 Å². The zero-order valence-corrected chi connectivity index (χ0v) is 15.0. The lowest BCUT2D eigenvalue weighted by molar-refractivity contribution is -0.342. The molecule has 1 saturated carbocycles. The van der Waals surface area contributed by atoms with Crippen molar-refractivity contribution in [3.05, 3.63) is 11.8 Å². The predicted molar refractivity (Wildman–Crippen MR) is 86.6 cm³/mol. The zero-order valence-electron chi connectivity index (χ0n) is 15.0. The molecule has 0 spiro atoms. The van der Waals surface area contributed by atoms with Crippen LogP contribution in [0.2, 0.25) is 0 Å². The molecule has 1 saturated heterocycles. The molecule has 1 aliphatic carbocycles. The number of aliphatic hydroxyl groups is 5. The van der Waals surface area contributed by atoms with Crippen LogP contribution in [0.5, 0.6) is 0 Å². The molecule has 3 unspecified atom stereocenters. The Kier molecular flexibility index (Phi) is 6.06. The molecule has 2 heterocycles. The van der Waals surface area contributed by atoms with Crippen LogP contribution in [0.4, 0.5) is 0 Å². The minimum Gasteiger partial charge on any atom is -0.472 e. The number of rotatable bonds is 4. The fraction of sp³-hybridized carbons (Fsp3) is 0.824. The SMILES string of the molecule is COC(=O)C1=CO[C@@H](O[C@@H]2OC(CO)[C@@H](O)C(O)C2O)[C@@H]2[C@@H](C)[C@@H](O)C[C@H]12. The smallest absolute Gasteiger partial charge is 0.337 e. The number of methoxy groups -OCH3 is 1. The second kappa shape index (κ2) is 8.00. The second-order valence-electron chi connectivity index (χ2n) is 7.25.